The maximum atomic E-state index is 13.8. The Bertz CT molecular complexity index is 782. The van der Waals surface area contributed by atoms with Crippen LogP contribution >= 0.6 is 0 Å². The number of hydrogen-bond donors (Lipinski definition) is 0. The van der Waals surface area contributed by atoms with E-state index in [1.165, 1.54) is 25.0 Å². The summed E-state index contributed by atoms with van der Waals surface area (Å²) in [6.45, 7) is 0. The third-order valence-electron chi connectivity index (χ3n) is 6.54. The molecule has 2 aromatic rings. The highest BCUT2D eigenvalue weighted by atomic mass is 127. The molecule has 2 bridgehead atoms. The highest BCUT2D eigenvalue weighted by Crippen LogP contribution is 2.43. The van der Waals surface area contributed by atoms with Gasteiger partial charge in [-0.05, 0) is 46.9 Å². The lowest BCUT2D eigenvalue weighted by Crippen LogP contribution is -3.00. The van der Waals surface area contributed by atoms with Crippen molar-refractivity contribution in [2.75, 3.05) is 14.1 Å². The van der Waals surface area contributed by atoms with Crippen molar-refractivity contribution < 1.29 is 37.2 Å². The van der Waals surface area contributed by atoms with Crippen LogP contribution < -0.4 is 24.0 Å². The van der Waals surface area contributed by atoms with E-state index in [4.69, 9.17) is 0 Å². The number of allylic oxidation sites excluding steroid dienone is 1. The monoisotopic (exact) mass is 481 g/mol. The lowest BCUT2D eigenvalue weighted by atomic mass is 9.85. The van der Waals surface area contributed by atoms with Crippen LogP contribution in [-0.2, 0) is 0 Å². The van der Waals surface area contributed by atoms with E-state index in [0.717, 1.165) is 34.0 Å². The molecule has 4 rings (SSSR count). The van der Waals surface area contributed by atoms with Crippen LogP contribution in [0.5, 0.6) is 0 Å². The van der Waals surface area contributed by atoms with Crippen LogP contribution in [0.25, 0.3) is 5.57 Å². The fraction of sp³-hybridized carbons (Fsp3) is 0.391. The minimum atomic E-state index is -0.258. The number of halogens is 3. The topological polar surface area (TPSA) is 0 Å². The molecule has 0 radical (unpaired) electrons. The van der Waals surface area contributed by atoms with Gasteiger partial charge in [0.1, 0.15) is 11.6 Å². The lowest BCUT2D eigenvalue weighted by molar-refractivity contribution is -0.931. The van der Waals surface area contributed by atoms with Crippen molar-refractivity contribution in [3.63, 3.8) is 0 Å². The normalized spacial score (nSPS) is 25.6. The molecule has 0 aromatic heterocycles. The van der Waals surface area contributed by atoms with Crippen molar-refractivity contribution in [1.29, 1.82) is 0 Å². The zero-order valence-electron chi connectivity index (χ0n) is 15.8. The Labute approximate surface area is 177 Å². The molecule has 0 saturated carbocycles. The second-order valence-corrected chi connectivity index (χ2v) is 8.35. The van der Waals surface area contributed by atoms with Gasteiger partial charge in [0.15, 0.2) is 0 Å². The van der Waals surface area contributed by atoms with Gasteiger partial charge in [-0.1, -0.05) is 30.3 Å². The minimum Gasteiger partial charge on any atom is -1.00 e. The van der Waals surface area contributed by atoms with Crippen LogP contribution in [0.2, 0.25) is 0 Å². The molecule has 4 heteroatoms. The maximum absolute atomic E-state index is 13.8. The smallest absolute Gasteiger partial charge is 0.123 e. The summed E-state index contributed by atoms with van der Waals surface area (Å²) in [5, 5.41) is 0. The number of rotatable bonds is 3. The van der Waals surface area contributed by atoms with Crippen LogP contribution in [0.15, 0.2) is 54.6 Å². The van der Waals surface area contributed by atoms with Gasteiger partial charge >= 0.3 is 0 Å². The van der Waals surface area contributed by atoms with E-state index in [0.29, 0.717) is 18.0 Å². The summed E-state index contributed by atoms with van der Waals surface area (Å²) in [5.74, 6) is -0.0576. The molecule has 27 heavy (non-hydrogen) atoms. The molecular weight excluding hydrogens is 455 g/mol. The standard InChI is InChI=1S/C23H26F2N.HI/c1-26(2)21-9-10-22(26)12-16(11-21)13-23(17-5-3-7-19(24)14-17)18-6-4-8-20(25)15-18;/h3-8,13-16,21-22H,9-12H2,1-2H3;1H/q+1;/p-1/t16?,21-,22+;. The zero-order chi connectivity index (χ0) is 18.3. The van der Waals surface area contributed by atoms with Crippen LogP contribution in [0.4, 0.5) is 8.78 Å². The van der Waals surface area contributed by atoms with Gasteiger partial charge in [0.05, 0.1) is 26.2 Å². The lowest BCUT2D eigenvalue weighted by Gasteiger charge is -2.44. The molecule has 2 aliphatic rings. The molecule has 1 nitrogen and oxygen atoms in total. The maximum Gasteiger partial charge on any atom is 0.123 e. The third-order valence-corrected chi connectivity index (χ3v) is 6.54. The number of nitrogens with zero attached hydrogens (tertiary/aromatic N) is 1. The van der Waals surface area contributed by atoms with Crippen molar-refractivity contribution in [2.24, 2.45) is 5.92 Å². The van der Waals surface area contributed by atoms with Gasteiger partial charge in [-0.2, -0.15) is 0 Å². The van der Waals surface area contributed by atoms with Crippen LogP contribution in [0.3, 0.4) is 0 Å². The predicted molar refractivity (Wildman–Crippen MR) is 102 cm³/mol. The Hall–Kier alpha value is -1.27. The molecule has 2 aromatic carbocycles. The summed E-state index contributed by atoms with van der Waals surface area (Å²) in [5.41, 5.74) is 2.59. The van der Waals surface area contributed by atoms with Gasteiger partial charge in [0.25, 0.3) is 0 Å². The van der Waals surface area contributed by atoms with Crippen LogP contribution in [0, 0.1) is 17.6 Å². The Morgan fingerprint density at radius 1 is 0.889 bits per heavy atom. The molecular formula is C23H26F2IN. The van der Waals surface area contributed by atoms with Gasteiger partial charge in [0, 0.05) is 25.7 Å². The van der Waals surface area contributed by atoms with E-state index < -0.39 is 0 Å². The summed E-state index contributed by atoms with van der Waals surface area (Å²) in [7, 11) is 4.70. The molecule has 2 saturated heterocycles. The first kappa shape index (κ1) is 20.5. The highest BCUT2D eigenvalue weighted by Gasteiger charge is 2.48. The number of benzene rings is 2. The molecule has 0 spiro atoms. The van der Waals surface area contributed by atoms with Gasteiger partial charge in [-0.25, -0.2) is 8.78 Å². The summed E-state index contributed by atoms with van der Waals surface area (Å²) >= 11 is 0. The second-order valence-electron chi connectivity index (χ2n) is 8.35. The number of fused-ring (bicyclic) bond motifs is 2. The van der Waals surface area contributed by atoms with Crippen LogP contribution in [-0.4, -0.2) is 30.7 Å². The zero-order valence-corrected chi connectivity index (χ0v) is 18.0. The van der Waals surface area contributed by atoms with Gasteiger partial charge in [-0.15, -0.1) is 0 Å². The van der Waals surface area contributed by atoms with Crippen molar-refractivity contribution in [3.05, 3.63) is 77.4 Å². The number of quaternary nitrogens is 1. The van der Waals surface area contributed by atoms with Gasteiger partial charge in [0.2, 0.25) is 0 Å². The first-order valence-corrected chi connectivity index (χ1v) is 9.50. The Kier molecular flexibility index (Phi) is 6.06. The average molecular weight is 481 g/mol. The van der Waals surface area contributed by atoms with E-state index in [1.54, 1.807) is 24.3 Å². The van der Waals surface area contributed by atoms with Crippen molar-refractivity contribution in [2.45, 2.75) is 37.8 Å². The molecule has 0 amide bonds. The fourth-order valence-corrected chi connectivity index (χ4v) is 4.97. The van der Waals surface area contributed by atoms with Crippen molar-refractivity contribution in [1.82, 2.24) is 0 Å². The molecule has 2 aliphatic heterocycles. The van der Waals surface area contributed by atoms with E-state index in [9.17, 15) is 8.78 Å². The van der Waals surface area contributed by atoms with Gasteiger partial charge in [-0.3, -0.25) is 0 Å². The largest absolute Gasteiger partial charge is 1.00 e. The Morgan fingerprint density at radius 3 is 1.81 bits per heavy atom. The third kappa shape index (κ3) is 4.11. The molecule has 3 atom stereocenters. The molecule has 144 valence electrons. The van der Waals surface area contributed by atoms with Gasteiger partial charge < -0.3 is 28.5 Å². The quantitative estimate of drug-likeness (QED) is 0.467. The second kappa shape index (κ2) is 8.00. The molecule has 2 fully saturated rings. The van der Waals surface area contributed by atoms with E-state index >= 15 is 0 Å². The first-order valence-electron chi connectivity index (χ1n) is 9.50. The predicted octanol–water partition coefficient (Wildman–Crippen LogP) is 2.42. The molecule has 1 unspecified atom stereocenters. The average Bonchev–Trinajstić information content (AvgIpc) is 2.77. The molecule has 0 N–H and O–H groups in total. The fourth-order valence-electron chi connectivity index (χ4n) is 4.97. The minimum absolute atomic E-state index is 0. The summed E-state index contributed by atoms with van der Waals surface area (Å²) in [6, 6.07) is 14.7. The van der Waals surface area contributed by atoms with E-state index in [1.807, 2.05) is 12.1 Å². The first-order chi connectivity index (χ1) is 12.4. The van der Waals surface area contributed by atoms with Crippen LogP contribution in [0.1, 0.15) is 36.8 Å². The summed E-state index contributed by atoms with van der Waals surface area (Å²) < 4.78 is 28.8. The number of piperidine rings is 1. The molecule has 0 aliphatic carbocycles. The van der Waals surface area contributed by atoms with E-state index in [-0.39, 0.29) is 35.6 Å². The highest BCUT2D eigenvalue weighted by molar-refractivity contribution is 5.80. The molecule has 2 heterocycles. The van der Waals surface area contributed by atoms with Crippen molar-refractivity contribution >= 4 is 5.57 Å². The SMILES string of the molecule is C[N+]1(C)[C@@H]2CC[C@H]1CC(C=C(c1cccc(F)c1)c1cccc(F)c1)C2.[I-]. The Morgan fingerprint density at radius 2 is 1.37 bits per heavy atom. The van der Waals surface area contributed by atoms with Crippen molar-refractivity contribution in [3.8, 4) is 0 Å². The van der Waals surface area contributed by atoms with E-state index in [2.05, 4.69) is 20.2 Å². The number of hydrogen-bond acceptors (Lipinski definition) is 0. The Balaban J connectivity index is 0.00000210. The summed E-state index contributed by atoms with van der Waals surface area (Å²) in [6.07, 6.45) is 7.15. The summed E-state index contributed by atoms with van der Waals surface area (Å²) in [4.78, 5) is 0.